The Morgan fingerprint density at radius 2 is 2.07 bits per heavy atom. The molecular weight excluding hydrogens is 344 g/mol. The molecule has 3 heterocycles. The van der Waals surface area contributed by atoms with Crippen LogP contribution in [0.15, 0.2) is 36.9 Å². The Morgan fingerprint density at radius 1 is 1.22 bits per heavy atom. The zero-order chi connectivity index (χ0) is 18.8. The molecule has 3 aromatic heterocycles. The number of imidazole rings is 1. The Hall–Kier alpha value is -3.20. The Kier molecular flexibility index (Phi) is 4.59. The van der Waals surface area contributed by atoms with E-state index in [9.17, 15) is 4.79 Å². The van der Waals surface area contributed by atoms with Crippen molar-refractivity contribution in [1.82, 2.24) is 19.4 Å². The fourth-order valence-electron chi connectivity index (χ4n) is 3.36. The first-order valence-corrected chi connectivity index (χ1v) is 8.99. The van der Waals surface area contributed by atoms with Gasteiger partial charge in [0.05, 0.1) is 5.69 Å². The van der Waals surface area contributed by atoms with E-state index >= 15 is 0 Å². The maximum Gasteiger partial charge on any atom is 0.254 e. The lowest BCUT2D eigenvalue weighted by atomic mass is 9.91. The van der Waals surface area contributed by atoms with Crippen molar-refractivity contribution in [2.24, 2.45) is 11.5 Å². The Labute approximate surface area is 156 Å². The van der Waals surface area contributed by atoms with Crippen LogP contribution in [0.1, 0.15) is 36.0 Å². The number of primary amides is 1. The molecule has 9 nitrogen and oxygen atoms in total. The molecule has 140 valence electrons. The van der Waals surface area contributed by atoms with Crippen molar-refractivity contribution in [2.75, 3.05) is 10.6 Å². The van der Waals surface area contributed by atoms with Crippen LogP contribution in [-0.4, -0.2) is 37.3 Å². The number of nitrogens with zero attached hydrogens (tertiary/aromatic N) is 4. The number of nitrogens with two attached hydrogens (primary N) is 2. The molecule has 9 heteroatoms. The lowest BCUT2D eigenvalue weighted by Crippen LogP contribution is -2.43. The third kappa shape index (κ3) is 3.68. The summed E-state index contributed by atoms with van der Waals surface area (Å²) in [6, 6.07) is 3.92. The number of pyridine rings is 1. The number of rotatable bonds is 5. The summed E-state index contributed by atoms with van der Waals surface area (Å²) >= 11 is 0. The lowest BCUT2D eigenvalue weighted by Gasteiger charge is -2.29. The summed E-state index contributed by atoms with van der Waals surface area (Å²) in [6.07, 6.45) is 11.1. The summed E-state index contributed by atoms with van der Waals surface area (Å²) in [4.78, 5) is 24.7. The van der Waals surface area contributed by atoms with Crippen LogP contribution in [0.4, 0.5) is 17.5 Å². The zero-order valence-corrected chi connectivity index (χ0v) is 14.8. The SMILES string of the molecule is NC(=O)c1cnc(N[C@@H]2CCCC[C@@H]2N)nc1Nc1ccc2nccn2c1. The average Bonchev–Trinajstić information content (AvgIpc) is 3.11. The molecule has 1 saturated carbocycles. The number of hydrogen-bond acceptors (Lipinski definition) is 7. The van der Waals surface area contributed by atoms with Crippen LogP contribution >= 0.6 is 0 Å². The van der Waals surface area contributed by atoms with Gasteiger partial charge in [-0.05, 0) is 25.0 Å². The molecule has 1 fully saturated rings. The molecule has 0 spiro atoms. The molecule has 0 bridgehead atoms. The number of hydrogen-bond donors (Lipinski definition) is 4. The van der Waals surface area contributed by atoms with Crippen molar-refractivity contribution in [1.29, 1.82) is 0 Å². The molecule has 3 aromatic rings. The van der Waals surface area contributed by atoms with Gasteiger partial charge in [-0.3, -0.25) is 4.79 Å². The number of fused-ring (bicyclic) bond motifs is 1. The van der Waals surface area contributed by atoms with Crippen molar-refractivity contribution < 1.29 is 4.79 Å². The first-order chi connectivity index (χ1) is 13.1. The second kappa shape index (κ2) is 7.20. The molecule has 1 aliphatic carbocycles. The normalized spacial score (nSPS) is 19.7. The first-order valence-electron chi connectivity index (χ1n) is 8.99. The fourth-order valence-corrected chi connectivity index (χ4v) is 3.36. The summed E-state index contributed by atoms with van der Waals surface area (Å²) < 4.78 is 1.87. The minimum absolute atomic E-state index is 0.0678. The van der Waals surface area contributed by atoms with Gasteiger partial charge in [-0.2, -0.15) is 4.98 Å². The van der Waals surface area contributed by atoms with E-state index in [4.69, 9.17) is 11.5 Å². The van der Waals surface area contributed by atoms with Gasteiger partial charge in [0.2, 0.25) is 5.95 Å². The second-order valence-electron chi connectivity index (χ2n) is 6.75. The number of anilines is 3. The highest BCUT2D eigenvalue weighted by atomic mass is 16.1. The molecule has 1 amide bonds. The van der Waals surface area contributed by atoms with Crippen LogP contribution in [0.2, 0.25) is 0 Å². The summed E-state index contributed by atoms with van der Waals surface area (Å²) in [5.41, 5.74) is 13.5. The Bertz CT molecular complexity index is 969. The standard InChI is InChI=1S/C18H22N8O/c19-13-3-1-2-4-14(13)24-18-22-9-12(16(20)27)17(25-18)23-11-5-6-15-21-7-8-26(15)10-11/h5-10,13-14H,1-4,19H2,(H2,20,27)(H2,22,23,24,25)/t13-,14+/m0/s1. The maximum absolute atomic E-state index is 11.8. The molecular formula is C18H22N8O. The predicted octanol–water partition coefficient (Wildman–Crippen LogP) is 1.65. The summed E-state index contributed by atoms with van der Waals surface area (Å²) in [6.45, 7) is 0. The van der Waals surface area contributed by atoms with Crippen LogP contribution in [0.25, 0.3) is 5.65 Å². The van der Waals surface area contributed by atoms with E-state index in [2.05, 4.69) is 25.6 Å². The van der Waals surface area contributed by atoms with Gasteiger partial charge in [-0.25, -0.2) is 9.97 Å². The monoisotopic (exact) mass is 366 g/mol. The molecule has 0 saturated heterocycles. The van der Waals surface area contributed by atoms with Crippen LogP contribution in [0.3, 0.4) is 0 Å². The van der Waals surface area contributed by atoms with Crippen LogP contribution in [0.5, 0.6) is 0 Å². The number of carbonyl (C=O) groups excluding carboxylic acids is 1. The highest BCUT2D eigenvalue weighted by Crippen LogP contribution is 2.23. The molecule has 0 radical (unpaired) electrons. The summed E-state index contributed by atoms with van der Waals surface area (Å²) in [5, 5.41) is 6.45. The van der Waals surface area contributed by atoms with Crippen molar-refractivity contribution in [3.05, 3.63) is 42.5 Å². The minimum Gasteiger partial charge on any atom is -0.365 e. The molecule has 0 unspecified atom stereocenters. The molecule has 1 aliphatic rings. The van der Waals surface area contributed by atoms with E-state index in [0.29, 0.717) is 11.8 Å². The Morgan fingerprint density at radius 3 is 2.89 bits per heavy atom. The number of nitrogens with one attached hydrogen (secondary N) is 2. The van der Waals surface area contributed by atoms with E-state index in [1.54, 1.807) is 6.20 Å². The number of amides is 1. The topological polar surface area (TPSA) is 136 Å². The third-order valence-electron chi connectivity index (χ3n) is 4.84. The zero-order valence-electron chi connectivity index (χ0n) is 14.8. The summed E-state index contributed by atoms with van der Waals surface area (Å²) in [5.74, 6) is 0.180. The van der Waals surface area contributed by atoms with E-state index in [0.717, 1.165) is 37.0 Å². The van der Waals surface area contributed by atoms with Gasteiger partial charge in [0.15, 0.2) is 0 Å². The average molecular weight is 366 g/mol. The van der Waals surface area contributed by atoms with Gasteiger partial charge in [-0.15, -0.1) is 0 Å². The van der Waals surface area contributed by atoms with Crippen molar-refractivity contribution >= 4 is 29.0 Å². The van der Waals surface area contributed by atoms with E-state index in [1.807, 2.05) is 28.9 Å². The molecule has 0 aromatic carbocycles. The maximum atomic E-state index is 11.8. The molecule has 0 aliphatic heterocycles. The number of aromatic nitrogens is 4. The molecule has 2 atom stereocenters. The van der Waals surface area contributed by atoms with Crippen molar-refractivity contribution in [3.8, 4) is 0 Å². The predicted molar refractivity (Wildman–Crippen MR) is 103 cm³/mol. The highest BCUT2D eigenvalue weighted by molar-refractivity contribution is 5.98. The molecule has 6 N–H and O–H groups in total. The van der Waals surface area contributed by atoms with Gasteiger partial charge in [-0.1, -0.05) is 12.8 Å². The summed E-state index contributed by atoms with van der Waals surface area (Å²) in [7, 11) is 0. The largest absolute Gasteiger partial charge is 0.365 e. The molecule has 27 heavy (non-hydrogen) atoms. The van der Waals surface area contributed by atoms with Gasteiger partial charge < -0.3 is 26.5 Å². The Balaban J connectivity index is 1.61. The second-order valence-corrected chi connectivity index (χ2v) is 6.75. The molecule has 4 rings (SSSR count). The van der Waals surface area contributed by atoms with Gasteiger partial charge in [0, 0.05) is 36.9 Å². The smallest absolute Gasteiger partial charge is 0.254 e. The van der Waals surface area contributed by atoms with Crippen LogP contribution in [-0.2, 0) is 0 Å². The fraction of sp³-hybridized carbons (Fsp3) is 0.333. The van der Waals surface area contributed by atoms with Crippen molar-refractivity contribution in [3.63, 3.8) is 0 Å². The number of carbonyl (C=O) groups is 1. The van der Waals surface area contributed by atoms with Crippen molar-refractivity contribution in [2.45, 2.75) is 37.8 Å². The van der Waals surface area contributed by atoms with Crippen LogP contribution < -0.4 is 22.1 Å². The lowest BCUT2D eigenvalue weighted by molar-refractivity contribution is 0.100. The minimum atomic E-state index is -0.595. The van der Waals surface area contributed by atoms with Gasteiger partial charge >= 0.3 is 0 Å². The van der Waals surface area contributed by atoms with E-state index in [1.165, 1.54) is 6.20 Å². The highest BCUT2D eigenvalue weighted by Gasteiger charge is 2.23. The first kappa shape index (κ1) is 17.2. The van der Waals surface area contributed by atoms with E-state index in [-0.39, 0.29) is 17.6 Å². The quantitative estimate of drug-likeness (QED) is 0.539. The third-order valence-corrected chi connectivity index (χ3v) is 4.84. The van der Waals surface area contributed by atoms with E-state index < -0.39 is 5.91 Å². The van der Waals surface area contributed by atoms with Gasteiger partial charge in [0.1, 0.15) is 17.0 Å². The van der Waals surface area contributed by atoms with Gasteiger partial charge in [0.25, 0.3) is 5.91 Å². The van der Waals surface area contributed by atoms with Crippen LogP contribution in [0, 0.1) is 0 Å².